The van der Waals surface area contributed by atoms with Crippen LogP contribution >= 0.6 is 0 Å². The Morgan fingerprint density at radius 3 is 2.14 bits per heavy atom. The molecule has 2 N–H and O–H groups in total. The van der Waals surface area contributed by atoms with Crippen molar-refractivity contribution >= 4 is 22.7 Å². The van der Waals surface area contributed by atoms with Crippen molar-refractivity contribution in [3.63, 3.8) is 0 Å². The van der Waals surface area contributed by atoms with Gasteiger partial charge in [0.25, 0.3) is 0 Å². The van der Waals surface area contributed by atoms with Crippen molar-refractivity contribution in [3.05, 3.63) is 18.3 Å². The number of hydrogen-bond acceptors (Lipinski definition) is 8. The fourth-order valence-corrected chi connectivity index (χ4v) is 2.69. The molecule has 0 aromatic carbocycles. The van der Waals surface area contributed by atoms with Crippen LogP contribution in [0.1, 0.15) is 19.3 Å². The van der Waals surface area contributed by atoms with Gasteiger partial charge in [-0.25, -0.2) is 10.0 Å². The normalized spacial score (nSPS) is 11.8. The molecule has 9 nitrogen and oxygen atoms in total. The Morgan fingerprint density at radius 2 is 1.69 bits per heavy atom. The number of hydroxylamine groups is 1. The summed E-state index contributed by atoms with van der Waals surface area (Å²) in [6.45, 7) is 0. The van der Waals surface area contributed by atoms with Crippen LogP contribution in [0.4, 0.5) is 11.8 Å². The molecule has 3 aromatic rings. The van der Waals surface area contributed by atoms with Crippen LogP contribution in [-0.4, -0.2) is 53.0 Å². The zero-order valence-corrected chi connectivity index (χ0v) is 21.5. The Morgan fingerprint density at radius 1 is 1.10 bits per heavy atom. The maximum absolute atomic E-state index is 9.60. The number of fused-ring (bicyclic) bond motifs is 1. The summed E-state index contributed by atoms with van der Waals surface area (Å²) in [5.74, 6) is 1.65. The van der Waals surface area contributed by atoms with Gasteiger partial charge in [-0.05, 0) is 12.1 Å². The van der Waals surface area contributed by atoms with E-state index in [-0.39, 0.29) is 31.1 Å². The third-order valence-corrected chi connectivity index (χ3v) is 4.31. The third kappa shape index (κ3) is 5.13. The van der Waals surface area contributed by atoms with E-state index in [1.807, 2.05) is 17.7 Å². The molecule has 1 saturated carbocycles. The molecule has 3 aromatic heterocycles. The summed E-state index contributed by atoms with van der Waals surface area (Å²) >= 11 is 0. The van der Waals surface area contributed by atoms with Crippen LogP contribution in [0, 0.1) is 31.1 Å². The van der Waals surface area contributed by atoms with Crippen LogP contribution in [0.25, 0.3) is 22.2 Å². The molecule has 0 saturated heterocycles. The minimum absolute atomic E-state index is 0. The summed E-state index contributed by atoms with van der Waals surface area (Å²) in [6.07, 6.45) is 6.20. The van der Waals surface area contributed by atoms with Crippen LogP contribution in [0.3, 0.4) is 0 Å². The van der Waals surface area contributed by atoms with Crippen molar-refractivity contribution in [3.8, 4) is 23.0 Å². The molecule has 1 aliphatic carbocycles. The Bertz CT molecular complexity index is 946. The van der Waals surface area contributed by atoms with Crippen molar-refractivity contribution in [2.45, 2.75) is 19.3 Å². The molecule has 154 valence electrons. The first-order valence-corrected chi connectivity index (χ1v) is 9.06. The Labute approximate surface area is 193 Å². The van der Waals surface area contributed by atoms with E-state index >= 15 is 0 Å². The number of nitrogens with one attached hydrogen (secondary N) is 1. The average molecular weight is 624 g/mol. The minimum atomic E-state index is 0. The fraction of sp³-hybridized carbons (Fsp3) is 0.421. The maximum atomic E-state index is 9.60. The number of aryl methyl sites for hydroxylation is 1. The predicted molar refractivity (Wildman–Crippen MR) is 108 cm³/mol. The molecule has 0 amide bonds. The van der Waals surface area contributed by atoms with E-state index in [0.717, 1.165) is 21.7 Å². The average Bonchev–Trinajstić information content (AvgIpc) is 3.56. The van der Waals surface area contributed by atoms with Crippen LogP contribution in [0.5, 0.6) is 11.8 Å². The van der Waals surface area contributed by atoms with Crippen molar-refractivity contribution in [2.75, 3.05) is 38.7 Å². The van der Waals surface area contributed by atoms with Gasteiger partial charge in [-0.1, -0.05) is 19.3 Å². The fourth-order valence-electron chi connectivity index (χ4n) is 2.69. The van der Waals surface area contributed by atoms with Gasteiger partial charge < -0.3 is 19.4 Å². The van der Waals surface area contributed by atoms with E-state index in [1.165, 1.54) is 26.3 Å². The molecule has 29 heavy (non-hydrogen) atoms. The van der Waals surface area contributed by atoms with Gasteiger partial charge in [-0.15, -0.1) is 0 Å². The molecule has 4 rings (SSSR count). The summed E-state index contributed by atoms with van der Waals surface area (Å²) in [5, 5.41) is 14.4. The van der Waals surface area contributed by atoms with Crippen molar-refractivity contribution in [2.24, 2.45) is 7.05 Å². The Kier molecular flexibility index (Phi) is 8.14. The van der Waals surface area contributed by atoms with Gasteiger partial charge in [0.2, 0.25) is 17.7 Å². The smallest absolute Gasteiger partial charge is 0.231 e. The molecule has 0 radical (unpaired) electrons. The first-order chi connectivity index (χ1) is 13.5. The second kappa shape index (κ2) is 10.1. The molecule has 1 aliphatic rings. The Hall–Kier alpha value is -2.02. The van der Waals surface area contributed by atoms with Crippen LogP contribution in [0.2, 0.25) is 0 Å². The van der Waals surface area contributed by atoms with Crippen LogP contribution in [0.15, 0.2) is 18.3 Å². The standard InChI is InChI=1S/C16H20N6O3.C3H6.U/c1-17-16-19-14(24-4)13(15(20-16)25-5)10-6-9-7-12(22(3)23)18-8-11(9)21(10)2;1-2-3-1;/h6-8,23H,1-5H3,(H,17,19,20);1-3H2;. The van der Waals surface area contributed by atoms with E-state index in [2.05, 4.69) is 20.3 Å². The largest absolute Gasteiger partial charge is 0.480 e. The van der Waals surface area contributed by atoms with Crippen molar-refractivity contribution in [1.29, 1.82) is 0 Å². The monoisotopic (exact) mass is 624 g/mol. The van der Waals surface area contributed by atoms with E-state index in [4.69, 9.17) is 9.47 Å². The molecule has 0 aliphatic heterocycles. The minimum Gasteiger partial charge on any atom is -0.480 e. The van der Waals surface area contributed by atoms with E-state index < -0.39 is 0 Å². The van der Waals surface area contributed by atoms with Gasteiger partial charge >= 0.3 is 0 Å². The van der Waals surface area contributed by atoms with Crippen molar-refractivity contribution in [1.82, 2.24) is 19.5 Å². The number of methoxy groups -OCH3 is 2. The van der Waals surface area contributed by atoms with Gasteiger partial charge in [-0.3, -0.25) is 5.21 Å². The Balaban J connectivity index is 0.000000687. The van der Waals surface area contributed by atoms with Gasteiger partial charge in [0, 0.05) is 57.6 Å². The molecule has 0 bridgehead atoms. The number of anilines is 2. The number of pyridine rings is 1. The van der Waals surface area contributed by atoms with Gasteiger partial charge in [0.05, 0.1) is 31.6 Å². The van der Waals surface area contributed by atoms with Gasteiger partial charge in [0.15, 0.2) is 5.82 Å². The molecular weight excluding hydrogens is 598 g/mol. The summed E-state index contributed by atoms with van der Waals surface area (Å²) in [7, 11) is 8.26. The van der Waals surface area contributed by atoms with Crippen LogP contribution < -0.4 is 19.9 Å². The topological polar surface area (TPSA) is 97.6 Å². The summed E-state index contributed by atoms with van der Waals surface area (Å²) in [5.41, 5.74) is 2.34. The molecule has 0 spiro atoms. The second-order valence-corrected chi connectivity index (χ2v) is 6.46. The molecule has 10 heteroatoms. The number of aromatic nitrogens is 4. The predicted octanol–water partition coefficient (Wildman–Crippen LogP) is 3.08. The molecular formula is C19H26N6O3U. The zero-order chi connectivity index (χ0) is 20.3. The first kappa shape index (κ1) is 23.3. The second-order valence-electron chi connectivity index (χ2n) is 6.46. The molecule has 3 heterocycles. The third-order valence-electron chi connectivity index (χ3n) is 4.31. The zero-order valence-electron chi connectivity index (χ0n) is 17.4. The van der Waals surface area contributed by atoms with E-state index in [1.54, 1.807) is 33.5 Å². The molecule has 0 unspecified atom stereocenters. The summed E-state index contributed by atoms with van der Waals surface area (Å²) < 4.78 is 12.8. The van der Waals surface area contributed by atoms with Crippen LogP contribution in [-0.2, 0) is 7.05 Å². The maximum Gasteiger partial charge on any atom is 0.231 e. The number of ether oxygens (including phenoxy) is 2. The van der Waals surface area contributed by atoms with E-state index in [0.29, 0.717) is 29.1 Å². The van der Waals surface area contributed by atoms with Gasteiger partial charge in [-0.2, -0.15) is 9.97 Å². The molecule has 1 fully saturated rings. The molecule has 0 atom stereocenters. The van der Waals surface area contributed by atoms with Gasteiger partial charge in [0.1, 0.15) is 5.56 Å². The quantitative estimate of drug-likeness (QED) is 0.419. The van der Waals surface area contributed by atoms with Crippen molar-refractivity contribution < 1.29 is 45.8 Å². The first-order valence-electron chi connectivity index (χ1n) is 9.06. The summed E-state index contributed by atoms with van der Waals surface area (Å²) in [4.78, 5) is 12.9. The number of rotatable bonds is 5. The van der Waals surface area contributed by atoms with E-state index in [9.17, 15) is 5.21 Å². The summed E-state index contributed by atoms with van der Waals surface area (Å²) in [6, 6.07) is 3.74. The number of nitrogens with zero attached hydrogens (tertiary/aromatic N) is 5. The SMILES string of the molecule is C1CC1.CNc1nc(OC)c(-c2cc3cc(N(C)O)ncc3n2C)c(OC)n1.[U]. The number of hydrogen-bond donors (Lipinski definition) is 2.